The largest absolute Gasteiger partial charge is 0.329 e. The Morgan fingerprint density at radius 3 is 2.45 bits per heavy atom. The number of benzene rings is 2. The molecule has 3 N–H and O–H groups in total. The number of fused-ring (bicyclic) bond motifs is 1. The number of halogens is 1. The summed E-state index contributed by atoms with van der Waals surface area (Å²) < 4.78 is 0. The monoisotopic (exact) mass is 464 g/mol. The summed E-state index contributed by atoms with van der Waals surface area (Å²) in [7, 11) is 0. The third-order valence-corrected chi connectivity index (χ3v) is 8.41. The summed E-state index contributed by atoms with van der Waals surface area (Å²) in [5, 5.41) is 2.31. The molecule has 0 amide bonds. The van der Waals surface area contributed by atoms with Gasteiger partial charge in [-0.2, -0.15) is 0 Å². The van der Waals surface area contributed by atoms with Crippen LogP contribution >= 0.6 is 11.6 Å². The minimum absolute atomic E-state index is 0.0849. The number of hydrogen-bond donors (Lipinski definition) is 2. The molecular formula is C29H37ClN2O. The van der Waals surface area contributed by atoms with Crippen molar-refractivity contribution in [2.24, 2.45) is 11.7 Å². The molecule has 1 atom stereocenters. The Morgan fingerprint density at radius 1 is 1.12 bits per heavy atom. The summed E-state index contributed by atoms with van der Waals surface area (Å²) in [6, 6.07) is 15.3. The summed E-state index contributed by atoms with van der Waals surface area (Å²) >= 11 is 6.54. The second kappa shape index (κ2) is 10.0. The van der Waals surface area contributed by atoms with Crippen molar-refractivity contribution in [3.05, 3.63) is 80.7 Å². The van der Waals surface area contributed by atoms with Crippen molar-refractivity contribution in [1.29, 1.82) is 0 Å². The van der Waals surface area contributed by atoms with E-state index in [0.717, 1.165) is 43.1 Å². The maximum absolute atomic E-state index is 12.0. The molecule has 1 saturated carbocycles. The van der Waals surface area contributed by atoms with Gasteiger partial charge in [-0.15, -0.1) is 0 Å². The number of H-pyrrole nitrogens is 1. The van der Waals surface area contributed by atoms with Crippen LogP contribution in [0.2, 0.25) is 5.02 Å². The van der Waals surface area contributed by atoms with Gasteiger partial charge >= 0.3 is 0 Å². The highest BCUT2D eigenvalue weighted by molar-refractivity contribution is 6.32. The number of nitrogens with two attached hydrogens (primary N) is 1. The molecule has 3 aromatic rings. The fourth-order valence-corrected chi connectivity index (χ4v) is 6.01. The molecule has 1 fully saturated rings. The highest BCUT2D eigenvalue weighted by Crippen LogP contribution is 2.45. The maximum atomic E-state index is 12.0. The average molecular weight is 465 g/mol. The molecule has 1 unspecified atom stereocenters. The minimum atomic E-state index is -0.0849. The Labute approximate surface area is 202 Å². The Bertz CT molecular complexity index is 1140. The average Bonchev–Trinajstić information content (AvgIpc) is 2.83. The van der Waals surface area contributed by atoms with E-state index in [2.05, 4.69) is 56.1 Å². The number of aromatic nitrogens is 1. The van der Waals surface area contributed by atoms with Crippen molar-refractivity contribution >= 4 is 22.4 Å². The molecule has 1 aromatic heterocycles. The Balaban J connectivity index is 1.46. The van der Waals surface area contributed by atoms with Gasteiger partial charge in [-0.05, 0) is 97.1 Å². The van der Waals surface area contributed by atoms with Crippen molar-refractivity contribution in [2.75, 3.05) is 0 Å². The van der Waals surface area contributed by atoms with E-state index < -0.39 is 0 Å². The number of rotatable bonds is 7. The normalized spacial score (nSPS) is 22.1. The molecule has 2 aromatic carbocycles. The molecule has 0 saturated heterocycles. The Morgan fingerprint density at radius 2 is 1.82 bits per heavy atom. The molecular weight excluding hydrogens is 428 g/mol. The van der Waals surface area contributed by atoms with Gasteiger partial charge in [0.15, 0.2) is 0 Å². The third-order valence-electron chi connectivity index (χ3n) is 8.06. The van der Waals surface area contributed by atoms with E-state index in [-0.39, 0.29) is 17.0 Å². The van der Waals surface area contributed by atoms with E-state index in [9.17, 15) is 4.79 Å². The van der Waals surface area contributed by atoms with Gasteiger partial charge in [0, 0.05) is 28.1 Å². The van der Waals surface area contributed by atoms with Gasteiger partial charge in [-0.25, -0.2) is 0 Å². The quantitative estimate of drug-likeness (QED) is 0.391. The van der Waals surface area contributed by atoms with E-state index in [0.29, 0.717) is 22.2 Å². The first-order valence-electron chi connectivity index (χ1n) is 12.5. The van der Waals surface area contributed by atoms with Gasteiger partial charge in [0.1, 0.15) is 0 Å². The smallest absolute Gasteiger partial charge is 0.255 e. The van der Waals surface area contributed by atoms with E-state index in [1.54, 1.807) is 6.20 Å². The van der Waals surface area contributed by atoms with Crippen LogP contribution in [0.15, 0.2) is 53.5 Å². The van der Waals surface area contributed by atoms with E-state index >= 15 is 0 Å². The molecule has 0 radical (unpaired) electrons. The predicted molar refractivity (Wildman–Crippen MR) is 140 cm³/mol. The summed E-state index contributed by atoms with van der Waals surface area (Å²) in [6.45, 7) is 6.70. The molecule has 4 rings (SSSR count). The minimum Gasteiger partial charge on any atom is -0.329 e. The summed E-state index contributed by atoms with van der Waals surface area (Å²) in [6.07, 6.45) is 9.47. The first-order valence-corrected chi connectivity index (χ1v) is 12.9. The van der Waals surface area contributed by atoms with Gasteiger partial charge in [0.2, 0.25) is 0 Å². The van der Waals surface area contributed by atoms with Gasteiger partial charge in [0.25, 0.3) is 5.56 Å². The van der Waals surface area contributed by atoms with Gasteiger partial charge < -0.3 is 10.7 Å². The lowest BCUT2D eigenvalue weighted by molar-refractivity contribution is 0.187. The highest BCUT2D eigenvalue weighted by Gasteiger charge is 2.40. The number of aryl methyl sites for hydroxylation is 1. The molecule has 0 spiro atoms. The second-order valence-corrected chi connectivity index (χ2v) is 10.7. The van der Waals surface area contributed by atoms with Crippen LogP contribution in [0.3, 0.4) is 0 Å². The number of hydrogen-bond acceptors (Lipinski definition) is 2. The first kappa shape index (κ1) is 24.0. The van der Waals surface area contributed by atoms with Gasteiger partial charge in [-0.1, -0.05) is 56.6 Å². The number of pyridine rings is 1. The highest BCUT2D eigenvalue weighted by atomic mass is 35.5. The Kier molecular flexibility index (Phi) is 7.31. The van der Waals surface area contributed by atoms with Crippen LogP contribution in [0.4, 0.5) is 0 Å². The third kappa shape index (κ3) is 4.90. The molecule has 33 heavy (non-hydrogen) atoms. The van der Waals surface area contributed by atoms with Crippen LogP contribution in [0.5, 0.6) is 0 Å². The zero-order chi connectivity index (χ0) is 23.6. The van der Waals surface area contributed by atoms with Crippen LogP contribution in [0, 0.1) is 5.92 Å². The van der Waals surface area contributed by atoms with Gasteiger partial charge in [0.05, 0.1) is 0 Å². The van der Waals surface area contributed by atoms with Crippen LogP contribution < -0.4 is 11.3 Å². The molecule has 3 nitrogen and oxygen atoms in total. The molecule has 176 valence electrons. The maximum Gasteiger partial charge on any atom is 0.255 e. The number of nitrogens with one attached hydrogen (secondary N) is 1. The lowest BCUT2D eigenvalue weighted by Crippen LogP contribution is -2.47. The summed E-state index contributed by atoms with van der Waals surface area (Å²) in [5.41, 5.74) is 10.7. The fourth-order valence-electron chi connectivity index (χ4n) is 5.75. The lowest BCUT2D eigenvalue weighted by atomic mass is 9.61. The van der Waals surface area contributed by atoms with Crippen molar-refractivity contribution in [3.63, 3.8) is 0 Å². The zero-order valence-corrected chi connectivity index (χ0v) is 20.9. The van der Waals surface area contributed by atoms with Crippen molar-refractivity contribution in [3.8, 4) is 0 Å². The van der Waals surface area contributed by atoms with Crippen LogP contribution in [0.1, 0.15) is 81.9 Å². The molecule has 1 heterocycles. The van der Waals surface area contributed by atoms with E-state index in [1.165, 1.54) is 24.0 Å². The zero-order valence-electron chi connectivity index (χ0n) is 20.2. The van der Waals surface area contributed by atoms with Gasteiger partial charge in [-0.3, -0.25) is 4.79 Å². The summed E-state index contributed by atoms with van der Waals surface area (Å²) in [5.74, 6) is 1.23. The predicted octanol–water partition coefficient (Wildman–Crippen LogP) is 7.10. The molecule has 1 aliphatic carbocycles. The van der Waals surface area contributed by atoms with Crippen molar-refractivity contribution in [2.45, 2.75) is 83.1 Å². The topological polar surface area (TPSA) is 58.9 Å². The Hall–Kier alpha value is -2.10. The molecule has 4 heteroatoms. The van der Waals surface area contributed by atoms with Crippen LogP contribution in [-0.4, -0.2) is 11.0 Å². The second-order valence-electron chi connectivity index (χ2n) is 10.3. The standard InChI is InChI=1S/C29H37ClN2O/c1-4-27(31)29(24-9-7-21(8-10-24)19(2)3)14-11-20(12-15-29)5-6-23-17-22-13-16-32-28(33)25(22)18-26(23)30/h7-10,13,16-20,27H,4-6,11-12,14-15,31H2,1-3H3,(H,32,33)/t20-,27?,29+. The SMILES string of the molecule is CCC(N)[C@]1(c2ccc(C(C)C)cc2)CC[C@H](CCc2cc3cc[nH]c(=O)c3cc2Cl)CC1. The molecule has 1 aliphatic rings. The lowest BCUT2D eigenvalue weighted by Gasteiger charge is -2.45. The molecule has 0 aliphatic heterocycles. The van der Waals surface area contributed by atoms with Crippen LogP contribution in [0.25, 0.3) is 10.8 Å². The molecule has 0 bridgehead atoms. The van der Waals surface area contributed by atoms with E-state index in [1.807, 2.05) is 12.1 Å². The van der Waals surface area contributed by atoms with Crippen LogP contribution in [-0.2, 0) is 11.8 Å². The first-order chi connectivity index (χ1) is 15.8. The number of aromatic amines is 1. The van der Waals surface area contributed by atoms with Crippen molar-refractivity contribution in [1.82, 2.24) is 4.98 Å². The summed E-state index contributed by atoms with van der Waals surface area (Å²) in [4.78, 5) is 14.8. The fraction of sp³-hybridized carbons (Fsp3) is 0.483. The van der Waals surface area contributed by atoms with Crippen molar-refractivity contribution < 1.29 is 0 Å². The van der Waals surface area contributed by atoms with E-state index in [4.69, 9.17) is 17.3 Å².